The Morgan fingerprint density at radius 3 is 2.19 bits per heavy atom. The van der Waals surface area contributed by atoms with E-state index in [1.807, 2.05) is 0 Å². The first-order valence-corrected chi connectivity index (χ1v) is 8.56. The highest BCUT2D eigenvalue weighted by Gasteiger charge is 2.57. The van der Waals surface area contributed by atoms with Crippen LogP contribution in [0.3, 0.4) is 0 Å². The van der Waals surface area contributed by atoms with Gasteiger partial charge in [0.15, 0.2) is 5.69 Å². The number of hydrogen-bond acceptors (Lipinski definition) is 4. The lowest BCUT2D eigenvalue weighted by Crippen LogP contribution is -2.40. The fourth-order valence-corrected chi connectivity index (χ4v) is 2.89. The van der Waals surface area contributed by atoms with E-state index in [0.717, 1.165) is 24.5 Å². The highest BCUT2D eigenvalue weighted by atomic mass is 19.4. The molecule has 0 radical (unpaired) electrons. The van der Waals surface area contributed by atoms with Gasteiger partial charge >= 0.3 is 18.3 Å². The van der Waals surface area contributed by atoms with Crippen molar-refractivity contribution in [2.75, 3.05) is 0 Å². The Morgan fingerprint density at radius 2 is 1.53 bits per heavy atom. The van der Waals surface area contributed by atoms with Gasteiger partial charge in [-0.2, -0.15) is 40.2 Å². The minimum atomic E-state index is -5.78. The van der Waals surface area contributed by atoms with Crippen molar-refractivity contribution in [2.45, 2.75) is 24.8 Å². The molecule has 0 amide bonds. The van der Waals surface area contributed by atoms with E-state index < -0.39 is 36.3 Å². The van der Waals surface area contributed by atoms with Crippen LogP contribution in [-0.2, 0) is 12.7 Å². The summed E-state index contributed by atoms with van der Waals surface area (Å²) in [6.45, 7) is -1.78. The number of alkyl halides is 8. The van der Waals surface area contributed by atoms with Crippen molar-refractivity contribution in [3.8, 4) is 11.3 Å². The van der Waals surface area contributed by atoms with Gasteiger partial charge in [0.1, 0.15) is 12.4 Å². The van der Waals surface area contributed by atoms with Gasteiger partial charge < -0.3 is 0 Å². The number of benzene rings is 1. The van der Waals surface area contributed by atoms with Gasteiger partial charge in [0.25, 0.3) is 0 Å². The first kappa shape index (κ1) is 21.8. The Kier molecular flexibility index (Phi) is 4.78. The summed E-state index contributed by atoms with van der Waals surface area (Å²) in [5.74, 6) is -6.03. The molecule has 3 aromatic heterocycles. The maximum atomic E-state index is 14.6. The van der Waals surface area contributed by atoms with Gasteiger partial charge in [-0.25, -0.2) is 9.37 Å². The molecule has 1 aromatic carbocycles. The van der Waals surface area contributed by atoms with Crippen molar-refractivity contribution in [1.29, 1.82) is 0 Å². The zero-order valence-electron chi connectivity index (χ0n) is 15.3. The summed E-state index contributed by atoms with van der Waals surface area (Å²) in [5.41, 5.74) is -2.16. The molecule has 0 saturated carbocycles. The second-order valence-corrected chi connectivity index (χ2v) is 6.71. The molecule has 0 N–H and O–H groups in total. The first-order valence-electron chi connectivity index (χ1n) is 8.56. The Labute approximate surface area is 171 Å². The molecule has 4 aromatic rings. The summed E-state index contributed by atoms with van der Waals surface area (Å²) < 4.78 is 117. The van der Waals surface area contributed by atoms with Crippen molar-refractivity contribution >= 4 is 21.9 Å². The minimum Gasteiger partial charge on any atom is -0.257 e. The van der Waals surface area contributed by atoms with Crippen molar-refractivity contribution in [2.24, 2.45) is 0 Å². The largest absolute Gasteiger partial charge is 0.455 e. The summed E-state index contributed by atoms with van der Waals surface area (Å²) >= 11 is 0. The van der Waals surface area contributed by atoms with Gasteiger partial charge in [0, 0.05) is 17.0 Å². The SMILES string of the molecule is Fc1cc2nc(C(F)(F)F)cnc2cc1-c1cc2cnn(CC(F)(F)C(F)(F)F)c2cn1. The molecule has 0 bridgehead atoms. The zero-order chi connectivity index (χ0) is 23.5. The molecule has 0 aliphatic heterocycles. The number of hydrogen-bond donors (Lipinski definition) is 0. The van der Waals surface area contributed by atoms with Crippen LogP contribution in [-0.4, -0.2) is 36.8 Å². The number of fused-ring (bicyclic) bond motifs is 2. The Balaban J connectivity index is 1.73. The molecule has 0 atom stereocenters. The second-order valence-electron chi connectivity index (χ2n) is 6.71. The molecule has 168 valence electrons. The third-order valence-electron chi connectivity index (χ3n) is 4.49. The summed E-state index contributed by atoms with van der Waals surface area (Å²) in [7, 11) is 0. The van der Waals surface area contributed by atoms with Crippen LogP contribution in [0.2, 0.25) is 0 Å². The molecule has 3 heterocycles. The van der Waals surface area contributed by atoms with E-state index >= 15 is 0 Å². The Morgan fingerprint density at radius 1 is 0.812 bits per heavy atom. The molecular weight excluding hydrogens is 457 g/mol. The van der Waals surface area contributed by atoms with E-state index in [4.69, 9.17) is 0 Å². The van der Waals surface area contributed by atoms with Gasteiger partial charge in [-0.05, 0) is 12.1 Å². The van der Waals surface area contributed by atoms with E-state index in [9.17, 15) is 39.5 Å². The highest BCUT2D eigenvalue weighted by molar-refractivity contribution is 5.85. The number of rotatable bonds is 3. The number of pyridine rings is 1. The Hall–Kier alpha value is -3.45. The van der Waals surface area contributed by atoms with Crippen molar-refractivity contribution < 1.29 is 39.5 Å². The summed E-state index contributed by atoms with van der Waals surface area (Å²) in [6.07, 6.45) is -8.13. The van der Waals surface area contributed by atoms with Crippen molar-refractivity contribution in [3.05, 3.63) is 48.3 Å². The maximum Gasteiger partial charge on any atom is 0.455 e. The summed E-state index contributed by atoms with van der Waals surface area (Å²) in [6, 6.07) is 3.01. The molecule has 0 fully saturated rings. The van der Waals surface area contributed by atoms with Crippen LogP contribution in [0.5, 0.6) is 0 Å². The van der Waals surface area contributed by atoms with Crippen LogP contribution in [0.25, 0.3) is 33.2 Å². The molecule has 5 nitrogen and oxygen atoms in total. The maximum absolute atomic E-state index is 14.6. The number of halogens is 9. The van der Waals surface area contributed by atoms with E-state index in [0.29, 0.717) is 10.9 Å². The molecule has 32 heavy (non-hydrogen) atoms. The third kappa shape index (κ3) is 3.80. The lowest BCUT2D eigenvalue weighted by molar-refractivity contribution is -0.287. The average Bonchev–Trinajstić information content (AvgIpc) is 3.07. The van der Waals surface area contributed by atoms with Crippen molar-refractivity contribution in [3.63, 3.8) is 0 Å². The Bertz CT molecular complexity index is 1320. The number of nitrogens with zero attached hydrogens (tertiary/aromatic N) is 5. The first-order chi connectivity index (χ1) is 14.8. The van der Waals surface area contributed by atoms with Crippen LogP contribution in [0, 0.1) is 5.82 Å². The van der Waals surface area contributed by atoms with Gasteiger partial charge in [-0.3, -0.25) is 14.6 Å². The lowest BCUT2D eigenvalue weighted by Gasteiger charge is -2.19. The zero-order valence-corrected chi connectivity index (χ0v) is 15.3. The molecule has 0 unspecified atom stereocenters. The molecule has 0 saturated heterocycles. The number of aromatic nitrogens is 5. The fraction of sp³-hybridized carbons (Fsp3) is 0.222. The van der Waals surface area contributed by atoms with Crippen LogP contribution in [0.15, 0.2) is 36.8 Å². The molecule has 0 aliphatic carbocycles. The highest BCUT2D eigenvalue weighted by Crippen LogP contribution is 2.37. The summed E-state index contributed by atoms with van der Waals surface area (Å²) in [4.78, 5) is 10.8. The van der Waals surface area contributed by atoms with E-state index in [1.165, 1.54) is 6.07 Å². The van der Waals surface area contributed by atoms with Gasteiger partial charge in [-0.15, -0.1) is 0 Å². The van der Waals surface area contributed by atoms with Gasteiger partial charge in [0.2, 0.25) is 0 Å². The molecule has 4 rings (SSSR count). The van der Waals surface area contributed by atoms with Crippen LogP contribution < -0.4 is 0 Å². The summed E-state index contributed by atoms with van der Waals surface area (Å²) in [5, 5.41) is 3.60. The van der Waals surface area contributed by atoms with Crippen LogP contribution >= 0.6 is 0 Å². The normalized spacial score (nSPS) is 13.3. The fourth-order valence-electron chi connectivity index (χ4n) is 2.89. The quantitative estimate of drug-likeness (QED) is 0.381. The topological polar surface area (TPSA) is 56.5 Å². The van der Waals surface area contributed by atoms with Crippen LogP contribution in [0.4, 0.5) is 39.5 Å². The molecular formula is C18H8F9N5. The van der Waals surface area contributed by atoms with E-state index in [2.05, 4.69) is 20.1 Å². The molecule has 0 spiro atoms. The average molecular weight is 465 g/mol. The predicted octanol–water partition coefficient (Wildman–Crippen LogP) is 5.40. The predicted molar refractivity (Wildman–Crippen MR) is 92.0 cm³/mol. The minimum absolute atomic E-state index is 0.0688. The van der Waals surface area contributed by atoms with E-state index in [1.54, 1.807) is 0 Å². The van der Waals surface area contributed by atoms with E-state index in [-0.39, 0.29) is 33.2 Å². The third-order valence-corrected chi connectivity index (χ3v) is 4.49. The van der Waals surface area contributed by atoms with Crippen molar-refractivity contribution in [1.82, 2.24) is 24.7 Å². The standard InChI is InChI=1S/C18H8F9N5/c19-10-3-13-12(29-6-15(31-13)17(22,23)24)2-9(10)11-1-8-4-30-32(14(8)5-28-11)7-16(20,21)18(25,26)27/h1-6H,7H2. The smallest absolute Gasteiger partial charge is 0.257 e. The second kappa shape index (κ2) is 7.03. The lowest BCUT2D eigenvalue weighted by atomic mass is 10.1. The van der Waals surface area contributed by atoms with Gasteiger partial charge in [-0.1, -0.05) is 0 Å². The van der Waals surface area contributed by atoms with Gasteiger partial charge in [0.05, 0.1) is 40.8 Å². The molecule has 14 heteroatoms. The molecule has 0 aliphatic rings. The monoisotopic (exact) mass is 465 g/mol. The van der Waals surface area contributed by atoms with Crippen LogP contribution in [0.1, 0.15) is 5.69 Å².